The van der Waals surface area contributed by atoms with Crippen molar-refractivity contribution in [1.29, 1.82) is 0 Å². The Morgan fingerprint density at radius 1 is 1.43 bits per heavy atom. The number of anilines is 1. The molecule has 1 atom stereocenters. The van der Waals surface area contributed by atoms with E-state index in [2.05, 4.69) is 27.1 Å². The average Bonchev–Trinajstić information content (AvgIpc) is 2.19. The van der Waals surface area contributed by atoms with Crippen LogP contribution in [0.3, 0.4) is 0 Å². The fourth-order valence-corrected chi connectivity index (χ4v) is 1.72. The van der Waals surface area contributed by atoms with Crippen molar-refractivity contribution in [2.24, 2.45) is 0 Å². The first kappa shape index (κ1) is 9.40. The van der Waals surface area contributed by atoms with Gasteiger partial charge in [0.15, 0.2) is 0 Å². The van der Waals surface area contributed by atoms with Crippen LogP contribution in [0, 0.1) is 6.92 Å². The SMILES string of the molecule is Cc1ncc(N2CCN[C@H](C)C2)cn1. The second-order valence-electron chi connectivity index (χ2n) is 3.79. The fraction of sp³-hybridized carbons (Fsp3) is 0.600. The molecule has 2 heterocycles. The van der Waals surface area contributed by atoms with Crippen molar-refractivity contribution in [1.82, 2.24) is 15.3 Å². The van der Waals surface area contributed by atoms with Crippen LogP contribution in [0.2, 0.25) is 0 Å². The van der Waals surface area contributed by atoms with Crippen LogP contribution in [0.4, 0.5) is 5.69 Å². The van der Waals surface area contributed by atoms with Gasteiger partial charge in [0.1, 0.15) is 5.82 Å². The Labute approximate surface area is 84.4 Å². The first-order valence-electron chi connectivity index (χ1n) is 5.02. The third kappa shape index (κ3) is 2.01. The van der Waals surface area contributed by atoms with E-state index in [1.165, 1.54) is 0 Å². The van der Waals surface area contributed by atoms with Gasteiger partial charge in [0, 0.05) is 25.7 Å². The standard InChI is InChI=1S/C10H16N4/c1-8-7-14(4-3-11-8)10-5-12-9(2)13-6-10/h5-6,8,11H,3-4,7H2,1-2H3/t8-/m1/s1. The number of piperazine rings is 1. The Balaban J connectivity index is 2.10. The highest BCUT2D eigenvalue weighted by atomic mass is 15.2. The summed E-state index contributed by atoms with van der Waals surface area (Å²) in [5.74, 6) is 0.830. The number of hydrogen-bond donors (Lipinski definition) is 1. The molecule has 0 radical (unpaired) electrons. The van der Waals surface area contributed by atoms with Gasteiger partial charge in [-0.1, -0.05) is 0 Å². The van der Waals surface area contributed by atoms with E-state index in [4.69, 9.17) is 0 Å². The van der Waals surface area contributed by atoms with Crippen LogP contribution >= 0.6 is 0 Å². The molecule has 0 bridgehead atoms. The van der Waals surface area contributed by atoms with Gasteiger partial charge in [-0.3, -0.25) is 0 Å². The molecule has 1 aromatic heterocycles. The topological polar surface area (TPSA) is 41.1 Å². The average molecular weight is 192 g/mol. The molecule has 0 amide bonds. The second kappa shape index (κ2) is 3.92. The molecule has 1 saturated heterocycles. The summed E-state index contributed by atoms with van der Waals surface area (Å²) < 4.78 is 0. The van der Waals surface area contributed by atoms with Gasteiger partial charge in [0.2, 0.25) is 0 Å². The lowest BCUT2D eigenvalue weighted by Gasteiger charge is -2.33. The predicted octanol–water partition coefficient (Wildman–Crippen LogP) is 0.583. The van der Waals surface area contributed by atoms with Crippen molar-refractivity contribution < 1.29 is 0 Å². The van der Waals surface area contributed by atoms with Gasteiger partial charge in [0.25, 0.3) is 0 Å². The van der Waals surface area contributed by atoms with Gasteiger partial charge >= 0.3 is 0 Å². The van der Waals surface area contributed by atoms with Crippen LogP contribution in [-0.4, -0.2) is 35.6 Å². The number of aromatic nitrogens is 2. The maximum Gasteiger partial charge on any atom is 0.125 e. The zero-order valence-electron chi connectivity index (χ0n) is 8.70. The van der Waals surface area contributed by atoms with E-state index in [9.17, 15) is 0 Å². The number of rotatable bonds is 1. The van der Waals surface area contributed by atoms with E-state index >= 15 is 0 Å². The molecule has 0 aliphatic carbocycles. The maximum atomic E-state index is 4.21. The Morgan fingerprint density at radius 3 is 2.79 bits per heavy atom. The summed E-state index contributed by atoms with van der Waals surface area (Å²) in [6.45, 7) is 7.21. The predicted molar refractivity (Wildman–Crippen MR) is 56.4 cm³/mol. The summed E-state index contributed by atoms with van der Waals surface area (Å²) in [6.07, 6.45) is 3.81. The van der Waals surface area contributed by atoms with Crippen molar-refractivity contribution in [3.05, 3.63) is 18.2 Å². The Hall–Kier alpha value is -1.16. The van der Waals surface area contributed by atoms with E-state index in [1.54, 1.807) is 0 Å². The van der Waals surface area contributed by atoms with E-state index in [0.29, 0.717) is 6.04 Å². The third-order valence-corrected chi connectivity index (χ3v) is 2.50. The lowest BCUT2D eigenvalue weighted by molar-refractivity contribution is 0.484. The Bertz CT molecular complexity index is 295. The van der Waals surface area contributed by atoms with Crippen molar-refractivity contribution >= 4 is 5.69 Å². The van der Waals surface area contributed by atoms with Crippen LogP contribution in [0.1, 0.15) is 12.7 Å². The van der Waals surface area contributed by atoms with E-state index in [0.717, 1.165) is 31.1 Å². The van der Waals surface area contributed by atoms with Crippen molar-refractivity contribution in [2.45, 2.75) is 19.9 Å². The minimum Gasteiger partial charge on any atom is -0.366 e. The van der Waals surface area contributed by atoms with Gasteiger partial charge in [-0.15, -0.1) is 0 Å². The fourth-order valence-electron chi connectivity index (χ4n) is 1.72. The van der Waals surface area contributed by atoms with Gasteiger partial charge < -0.3 is 10.2 Å². The minimum absolute atomic E-state index is 0.546. The zero-order valence-corrected chi connectivity index (χ0v) is 8.70. The van der Waals surface area contributed by atoms with Crippen LogP contribution in [-0.2, 0) is 0 Å². The number of hydrogen-bond acceptors (Lipinski definition) is 4. The highest BCUT2D eigenvalue weighted by Gasteiger charge is 2.15. The maximum absolute atomic E-state index is 4.21. The smallest absolute Gasteiger partial charge is 0.125 e. The highest BCUT2D eigenvalue weighted by Crippen LogP contribution is 2.12. The molecule has 2 rings (SSSR count). The largest absolute Gasteiger partial charge is 0.366 e. The monoisotopic (exact) mass is 192 g/mol. The van der Waals surface area contributed by atoms with Crippen LogP contribution in [0.25, 0.3) is 0 Å². The number of nitrogens with one attached hydrogen (secondary N) is 1. The lowest BCUT2D eigenvalue weighted by Crippen LogP contribution is -2.49. The van der Waals surface area contributed by atoms with Crippen LogP contribution in [0.15, 0.2) is 12.4 Å². The van der Waals surface area contributed by atoms with Gasteiger partial charge in [-0.2, -0.15) is 0 Å². The van der Waals surface area contributed by atoms with E-state index in [-0.39, 0.29) is 0 Å². The van der Waals surface area contributed by atoms with E-state index < -0.39 is 0 Å². The molecule has 1 aliphatic rings. The summed E-state index contributed by atoms with van der Waals surface area (Å²) >= 11 is 0. The van der Waals surface area contributed by atoms with E-state index in [1.807, 2.05) is 19.3 Å². The quantitative estimate of drug-likeness (QED) is 0.707. The first-order valence-corrected chi connectivity index (χ1v) is 5.02. The molecule has 0 unspecified atom stereocenters. The van der Waals surface area contributed by atoms with Gasteiger partial charge in [0.05, 0.1) is 18.1 Å². The summed E-state index contributed by atoms with van der Waals surface area (Å²) in [5.41, 5.74) is 1.13. The molecule has 4 nitrogen and oxygen atoms in total. The number of nitrogens with zero attached hydrogens (tertiary/aromatic N) is 3. The molecule has 1 N–H and O–H groups in total. The zero-order chi connectivity index (χ0) is 9.97. The molecule has 14 heavy (non-hydrogen) atoms. The highest BCUT2D eigenvalue weighted by molar-refractivity contribution is 5.42. The molecule has 76 valence electrons. The molecule has 1 aromatic rings. The molecular weight excluding hydrogens is 176 g/mol. The lowest BCUT2D eigenvalue weighted by atomic mass is 10.2. The Morgan fingerprint density at radius 2 is 2.14 bits per heavy atom. The molecule has 1 aliphatic heterocycles. The summed E-state index contributed by atoms with van der Waals surface area (Å²) in [4.78, 5) is 10.7. The van der Waals surface area contributed by atoms with Crippen molar-refractivity contribution in [3.8, 4) is 0 Å². The third-order valence-electron chi connectivity index (χ3n) is 2.50. The number of aryl methyl sites for hydroxylation is 1. The van der Waals surface area contributed by atoms with Gasteiger partial charge in [-0.05, 0) is 13.8 Å². The molecule has 4 heteroatoms. The molecule has 1 fully saturated rings. The summed E-state index contributed by atoms with van der Waals surface area (Å²) in [6, 6.07) is 0.546. The summed E-state index contributed by atoms with van der Waals surface area (Å²) in [5, 5.41) is 3.41. The first-order chi connectivity index (χ1) is 6.75. The van der Waals surface area contributed by atoms with Crippen molar-refractivity contribution in [2.75, 3.05) is 24.5 Å². The molecule has 0 saturated carbocycles. The van der Waals surface area contributed by atoms with Crippen molar-refractivity contribution in [3.63, 3.8) is 0 Å². The summed E-state index contributed by atoms with van der Waals surface area (Å²) in [7, 11) is 0. The second-order valence-corrected chi connectivity index (χ2v) is 3.79. The molecule has 0 spiro atoms. The molecule has 0 aromatic carbocycles. The minimum atomic E-state index is 0.546. The normalized spacial score (nSPS) is 22.4. The van der Waals surface area contributed by atoms with Gasteiger partial charge in [-0.25, -0.2) is 9.97 Å². The van der Waals surface area contributed by atoms with Crippen LogP contribution < -0.4 is 10.2 Å². The van der Waals surface area contributed by atoms with Crippen LogP contribution in [0.5, 0.6) is 0 Å². The molecular formula is C10H16N4. The Kier molecular flexibility index (Phi) is 2.63.